The third kappa shape index (κ3) is 5.95. The minimum atomic E-state index is -0.348. The Morgan fingerprint density at radius 2 is 1.77 bits per heavy atom. The van der Waals surface area contributed by atoms with Crippen LogP contribution in [0.3, 0.4) is 0 Å². The van der Waals surface area contributed by atoms with Crippen LogP contribution < -0.4 is 15.5 Å². The second-order valence-corrected chi connectivity index (χ2v) is 9.84. The topological polar surface area (TPSA) is 91.0 Å². The van der Waals surface area contributed by atoms with Gasteiger partial charge in [-0.25, -0.2) is 4.39 Å². The summed E-state index contributed by atoms with van der Waals surface area (Å²) in [5, 5.41) is 6.18. The van der Waals surface area contributed by atoms with Crippen molar-refractivity contribution in [1.29, 1.82) is 0 Å². The van der Waals surface area contributed by atoms with E-state index in [2.05, 4.69) is 15.5 Å². The number of amides is 2. The van der Waals surface area contributed by atoms with E-state index in [4.69, 9.17) is 4.74 Å². The Hall–Kier alpha value is -4.34. The molecule has 8 nitrogen and oxygen atoms in total. The molecule has 0 unspecified atom stereocenters. The van der Waals surface area contributed by atoms with Crippen LogP contribution in [0.5, 0.6) is 0 Å². The summed E-state index contributed by atoms with van der Waals surface area (Å²) >= 11 is 0. The molecule has 1 saturated heterocycles. The van der Waals surface area contributed by atoms with Crippen LogP contribution in [0.25, 0.3) is 11.3 Å². The molecule has 0 aliphatic carbocycles. The lowest BCUT2D eigenvalue weighted by Gasteiger charge is -2.28. The molecule has 0 radical (unpaired) electrons. The molecule has 0 spiro atoms. The zero-order chi connectivity index (χ0) is 28.1. The third-order valence-corrected chi connectivity index (χ3v) is 7.31. The predicted octanol–water partition coefficient (Wildman–Crippen LogP) is 4.43. The number of halogens is 1. The molecule has 2 heterocycles. The van der Waals surface area contributed by atoms with Gasteiger partial charge in [0.15, 0.2) is 0 Å². The number of rotatable bonds is 9. The smallest absolute Gasteiger partial charge is 0.241 e. The Bertz CT molecular complexity index is 1450. The fourth-order valence-electron chi connectivity index (χ4n) is 5.20. The van der Waals surface area contributed by atoms with E-state index in [0.717, 1.165) is 53.9 Å². The lowest BCUT2D eigenvalue weighted by Crippen LogP contribution is -2.44. The number of ether oxygens (including phenoxy) is 1. The first kappa shape index (κ1) is 27.2. The van der Waals surface area contributed by atoms with E-state index in [-0.39, 0.29) is 11.7 Å². The second-order valence-electron chi connectivity index (χ2n) is 9.84. The summed E-state index contributed by atoms with van der Waals surface area (Å²) in [6.45, 7) is 5.72. The Morgan fingerprint density at radius 1 is 1.00 bits per heavy atom. The molecule has 0 aromatic heterocycles. The Labute approximate surface area is 232 Å². The van der Waals surface area contributed by atoms with Crippen molar-refractivity contribution in [3.63, 3.8) is 0 Å². The van der Waals surface area contributed by atoms with Crippen molar-refractivity contribution in [1.82, 2.24) is 4.90 Å². The molecule has 2 amide bonds. The largest absolute Gasteiger partial charge is 0.379 e. The summed E-state index contributed by atoms with van der Waals surface area (Å²) < 4.78 is 19.2. The number of hydrogen-bond donors (Lipinski definition) is 2. The number of anilines is 3. The van der Waals surface area contributed by atoms with Crippen molar-refractivity contribution in [3.05, 3.63) is 88.7 Å². The van der Waals surface area contributed by atoms with E-state index in [0.29, 0.717) is 55.2 Å². The van der Waals surface area contributed by atoms with Crippen molar-refractivity contribution in [3.8, 4) is 0 Å². The van der Waals surface area contributed by atoms with E-state index < -0.39 is 0 Å². The Balaban J connectivity index is 1.46. The molecule has 2 aliphatic rings. The molecule has 206 valence electrons. The standard InChI is InChI=1S/C31H31FN4O4/c1-21(27-8-2-22(19-37)16-28(27)33-20-38)31(23-3-5-25(32)6-4-23)34-26-7-9-29-24(17-26)10-11-36(29)30(39)18-35-12-14-40-15-13-35/h2-9,16-17,19-20,34H,10-15,18H2,1H3,(H,33,38)/b31-21+. The first-order valence-electron chi connectivity index (χ1n) is 13.2. The molecule has 5 rings (SSSR count). The minimum Gasteiger partial charge on any atom is -0.379 e. The molecular weight excluding hydrogens is 511 g/mol. The lowest BCUT2D eigenvalue weighted by atomic mass is 9.97. The van der Waals surface area contributed by atoms with Crippen LogP contribution in [-0.2, 0) is 20.7 Å². The van der Waals surface area contributed by atoms with Gasteiger partial charge in [-0.15, -0.1) is 0 Å². The van der Waals surface area contributed by atoms with Gasteiger partial charge in [0.2, 0.25) is 12.3 Å². The molecule has 9 heteroatoms. The number of aldehydes is 1. The number of benzene rings is 3. The van der Waals surface area contributed by atoms with Gasteiger partial charge in [-0.05, 0) is 78.6 Å². The number of carbonyl (C=O) groups excluding carboxylic acids is 3. The summed E-state index contributed by atoms with van der Waals surface area (Å²) in [6.07, 6.45) is 2.03. The van der Waals surface area contributed by atoms with Crippen molar-refractivity contribution in [2.45, 2.75) is 13.3 Å². The maximum atomic E-state index is 13.8. The number of fused-ring (bicyclic) bond motifs is 1. The highest BCUT2D eigenvalue weighted by molar-refractivity contribution is 6.00. The number of nitrogens with one attached hydrogen (secondary N) is 2. The lowest BCUT2D eigenvalue weighted by molar-refractivity contribution is -0.120. The van der Waals surface area contributed by atoms with Gasteiger partial charge < -0.3 is 20.3 Å². The van der Waals surface area contributed by atoms with Crippen LogP contribution in [0.15, 0.2) is 60.7 Å². The number of morpholine rings is 1. The molecule has 3 aromatic carbocycles. The highest BCUT2D eigenvalue weighted by atomic mass is 19.1. The highest BCUT2D eigenvalue weighted by Gasteiger charge is 2.27. The Morgan fingerprint density at radius 3 is 2.50 bits per heavy atom. The van der Waals surface area contributed by atoms with Crippen molar-refractivity contribution >= 4 is 46.9 Å². The van der Waals surface area contributed by atoms with Gasteiger partial charge in [0.25, 0.3) is 0 Å². The molecule has 2 N–H and O–H groups in total. The van der Waals surface area contributed by atoms with E-state index >= 15 is 0 Å². The summed E-state index contributed by atoms with van der Waals surface area (Å²) in [4.78, 5) is 39.7. The number of carbonyl (C=O) groups is 3. The molecule has 1 fully saturated rings. The van der Waals surface area contributed by atoms with Crippen LogP contribution in [0.1, 0.15) is 34.0 Å². The minimum absolute atomic E-state index is 0.0816. The first-order chi connectivity index (χ1) is 19.5. The van der Waals surface area contributed by atoms with Crippen molar-refractivity contribution < 1.29 is 23.5 Å². The van der Waals surface area contributed by atoms with E-state index in [1.165, 1.54) is 12.1 Å². The second kappa shape index (κ2) is 12.2. The molecule has 0 bridgehead atoms. The van der Waals surface area contributed by atoms with Gasteiger partial charge in [-0.3, -0.25) is 19.3 Å². The molecule has 0 saturated carbocycles. The quantitative estimate of drug-likeness (QED) is 0.307. The molecule has 2 aliphatic heterocycles. The van der Waals surface area contributed by atoms with Crippen LogP contribution in [0.4, 0.5) is 21.5 Å². The highest BCUT2D eigenvalue weighted by Crippen LogP contribution is 2.35. The number of allylic oxidation sites excluding steroid dienone is 1. The van der Waals surface area contributed by atoms with Crippen LogP contribution in [0.2, 0.25) is 0 Å². The average molecular weight is 543 g/mol. The van der Waals surface area contributed by atoms with Crippen LogP contribution in [0, 0.1) is 5.82 Å². The molecular formula is C31H31FN4O4. The fourth-order valence-corrected chi connectivity index (χ4v) is 5.20. The SMILES string of the molecule is C/C(=C(\Nc1ccc2c(c1)CCN2C(=O)CN1CCOCC1)c1ccc(F)cc1)c1ccc(C=O)cc1NC=O. The van der Waals surface area contributed by atoms with Gasteiger partial charge >= 0.3 is 0 Å². The van der Waals surface area contributed by atoms with Gasteiger partial charge in [0.05, 0.1) is 19.8 Å². The maximum absolute atomic E-state index is 13.8. The van der Waals surface area contributed by atoms with E-state index in [1.54, 1.807) is 30.3 Å². The van der Waals surface area contributed by atoms with Crippen molar-refractivity contribution in [2.75, 3.05) is 54.9 Å². The first-order valence-corrected chi connectivity index (χ1v) is 13.2. The van der Waals surface area contributed by atoms with Gasteiger partial charge in [0.1, 0.15) is 12.1 Å². The van der Waals surface area contributed by atoms with E-state index in [9.17, 15) is 18.8 Å². The average Bonchev–Trinajstić information content (AvgIpc) is 3.40. The zero-order valence-electron chi connectivity index (χ0n) is 22.3. The molecule has 40 heavy (non-hydrogen) atoms. The number of nitrogens with zero attached hydrogens (tertiary/aromatic N) is 2. The molecule has 0 atom stereocenters. The Kier molecular flexibility index (Phi) is 8.33. The fraction of sp³-hybridized carbons (Fsp3) is 0.258. The summed E-state index contributed by atoms with van der Waals surface area (Å²) in [7, 11) is 0. The monoisotopic (exact) mass is 542 g/mol. The third-order valence-electron chi connectivity index (χ3n) is 7.31. The normalized spacial score (nSPS) is 15.7. The summed E-state index contributed by atoms with van der Waals surface area (Å²) in [6, 6.07) is 17.2. The summed E-state index contributed by atoms with van der Waals surface area (Å²) in [5.41, 5.74) is 6.68. The van der Waals surface area contributed by atoms with Crippen LogP contribution >= 0.6 is 0 Å². The summed E-state index contributed by atoms with van der Waals surface area (Å²) in [5.74, 6) is -0.267. The van der Waals surface area contributed by atoms with Gasteiger partial charge in [-0.2, -0.15) is 0 Å². The molecule has 3 aromatic rings. The van der Waals surface area contributed by atoms with E-state index in [1.807, 2.05) is 30.0 Å². The van der Waals surface area contributed by atoms with Gasteiger partial charge in [-0.1, -0.05) is 12.1 Å². The van der Waals surface area contributed by atoms with Gasteiger partial charge in [0, 0.05) is 53.5 Å². The number of hydrogen-bond acceptors (Lipinski definition) is 6. The maximum Gasteiger partial charge on any atom is 0.241 e. The van der Waals surface area contributed by atoms with Crippen molar-refractivity contribution in [2.24, 2.45) is 0 Å². The predicted molar refractivity (Wildman–Crippen MR) is 154 cm³/mol. The zero-order valence-corrected chi connectivity index (χ0v) is 22.3. The van der Waals surface area contributed by atoms with Crippen LogP contribution in [-0.4, -0.2) is 62.9 Å².